The Morgan fingerprint density at radius 3 is 2.14 bits per heavy atom. The average Bonchev–Trinajstić information content (AvgIpc) is 2.91. The van der Waals surface area contributed by atoms with Crippen LogP contribution in [0.5, 0.6) is 17.2 Å². The van der Waals surface area contributed by atoms with E-state index in [2.05, 4.69) is 24.4 Å². The molecule has 1 heterocycles. The van der Waals surface area contributed by atoms with Crippen molar-refractivity contribution in [2.24, 2.45) is 4.99 Å². The number of nitrogens with zero attached hydrogens (tertiary/aromatic N) is 1. The Bertz CT molecular complexity index is 1040. The minimum absolute atomic E-state index is 0.153. The van der Waals surface area contributed by atoms with Crippen LogP contribution in [0.2, 0.25) is 0 Å². The maximum atomic E-state index is 10.5. The summed E-state index contributed by atoms with van der Waals surface area (Å²) < 4.78 is 10.6. The molecule has 0 bridgehead atoms. The van der Waals surface area contributed by atoms with E-state index >= 15 is 0 Å². The Balaban J connectivity index is 1.83. The number of benzene rings is 3. The van der Waals surface area contributed by atoms with E-state index in [0.29, 0.717) is 12.1 Å². The summed E-state index contributed by atoms with van der Waals surface area (Å²) in [6, 6.07) is 21.3. The lowest BCUT2D eigenvalue weighted by atomic mass is 9.85. The van der Waals surface area contributed by atoms with Crippen molar-refractivity contribution in [1.82, 2.24) is 0 Å². The molecule has 5 heteroatoms. The number of phenols is 1. The van der Waals surface area contributed by atoms with Crippen molar-refractivity contribution in [1.29, 1.82) is 0 Å². The van der Waals surface area contributed by atoms with Crippen molar-refractivity contribution in [2.45, 2.75) is 18.9 Å². The summed E-state index contributed by atoms with van der Waals surface area (Å²) in [5.74, 6) is 1.76. The summed E-state index contributed by atoms with van der Waals surface area (Å²) in [5.41, 5.74) is 3.91. The van der Waals surface area contributed by atoms with E-state index in [1.165, 1.54) is 0 Å². The standard InChI is InChI=1S/C24H24N2O3/c1-24(17-9-13-19(29-3)14-10-17)15-21(16-7-11-18(28-2)12-8-16)25-23-20(26-24)5-4-6-22(23)27/h4-14,26-27H,15H2,1-3H3. The molecule has 0 saturated heterocycles. The van der Waals surface area contributed by atoms with Gasteiger partial charge in [0, 0.05) is 6.42 Å². The van der Waals surface area contributed by atoms with Gasteiger partial charge >= 0.3 is 0 Å². The molecular formula is C24H24N2O3. The SMILES string of the molecule is COc1ccc(C2=Nc3c(O)cccc3NC(C)(c3ccc(OC)cc3)C2)cc1. The van der Waals surface area contributed by atoms with Crippen LogP contribution in [0.1, 0.15) is 24.5 Å². The zero-order chi connectivity index (χ0) is 20.4. The van der Waals surface area contributed by atoms with Crippen LogP contribution in [-0.2, 0) is 5.54 Å². The van der Waals surface area contributed by atoms with Gasteiger partial charge in [-0.05, 0) is 66.6 Å². The lowest BCUT2D eigenvalue weighted by Crippen LogP contribution is -2.33. The number of methoxy groups -OCH3 is 2. The normalized spacial score (nSPS) is 18.1. The van der Waals surface area contributed by atoms with Crippen LogP contribution in [-0.4, -0.2) is 25.0 Å². The number of ether oxygens (including phenoxy) is 2. The zero-order valence-electron chi connectivity index (χ0n) is 16.8. The summed E-state index contributed by atoms with van der Waals surface area (Å²) in [7, 11) is 3.31. The van der Waals surface area contributed by atoms with Gasteiger partial charge in [-0.15, -0.1) is 0 Å². The first-order chi connectivity index (χ1) is 14.0. The molecule has 4 rings (SSSR count). The van der Waals surface area contributed by atoms with Gasteiger partial charge in [0.1, 0.15) is 22.9 Å². The number of anilines is 1. The van der Waals surface area contributed by atoms with Crippen LogP contribution in [0.25, 0.3) is 0 Å². The minimum atomic E-state index is -0.427. The molecule has 3 aromatic rings. The van der Waals surface area contributed by atoms with Gasteiger partial charge in [0.05, 0.1) is 31.2 Å². The topological polar surface area (TPSA) is 63.1 Å². The Hall–Kier alpha value is -3.47. The lowest BCUT2D eigenvalue weighted by molar-refractivity contribution is 0.414. The van der Waals surface area contributed by atoms with Gasteiger partial charge in [-0.2, -0.15) is 0 Å². The summed E-state index contributed by atoms with van der Waals surface area (Å²) >= 11 is 0. The molecule has 0 radical (unpaired) electrons. The van der Waals surface area contributed by atoms with E-state index in [1.807, 2.05) is 48.5 Å². The average molecular weight is 388 g/mol. The van der Waals surface area contributed by atoms with E-state index in [0.717, 1.165) is 34.0 Å². The summed E-state index contributed by atoms with van der Waals surface area (Å²) in [6.07, 6.45) is 0.639. The van der Waals surface area contributed by atoms with Crippen molar-refractivity contribution < 1.29 is 14.6 Å². The van der Waals surface area contributed by atoms with E-state index in [4.69, 9.17) is 14.5 Å². The highest BCUT2D eigenvalue weighted by molar-refractivity contribution is 6.05. The molecular weight excluding hydrogens is 364 g/mol. The van der Waals surface area contributed by atoms with Gasteiger partial charge in [0.2, 0.25) is 0 Å². The van der Waals surface area contributed by atoms with Crippen LogP contribution in [0, 0.1) is 0 Å². The molecule has 0 fully saturated rings. The highest BCUT2D eigenvalue weighted by Crippen LogP contribution is 2.43. The van der Waals surface area contributed by atoms with Crippen LogP contribution in [0.4, 0.5) is 11.4 Å². The molecule has 0 aromatic heterocycles. The first-order valence-electron chi connectivity index (χ1n) is 9.49. The van der Waals surface area contributed by atoms with Crippen molar-refractivity contribution in [3.63, 3.8) is 0 Å². The number of hydrogen-bond donors (Lipinski definition) is 2. The fraction of sp³-hybridized carbons (Fsp3) is 0.208. The second kappa shape index (κ2) is 7.51. The second-order valence-electron chi connectivity index (χ2n) is 7.32. The third-order valence-electron chi connectivity index (χ3n) is 5.34. The number of phenolic OH excluding ortho intramolecular Hbond substituents is 1. The van der Waals surface area contributed by atoms with Gasteiger partial charge in [-0.25, -0.2) is 4.99 Å². The number of para-hydroxylation sites is 1. The molecule has 0 saturated carbocycles. The Kier molecular flexibility index (Phi) is 4.89. The van der Waals surface area contributed by atoms with Gasteiger partial charge in [-0.1, -0.05) is 18.2 Å². The number of aromatic hydroxyl groups is 1. The number of aliphatic imine (C=N–C) groups is 1. The molecule has 5 nitrogen and oxygen atoms in total. The highest BCUT2D eigenvalue weighted by atomic mass is 16.5. The van der Waals surface area contributed by atoms with Crippen LogP contribution < -0.4 is 14.8 Å². The van der Waals surface area contributed by atoms with Crippen molar-refractivity contribution in [3.05, 3.63) is 77.9 Å². The number of nitrogens with one attached hydrogen (secondary N) is 1. The minimum Gasteiger partial charge on any atom is -0.506 e. The molecule has 0 aliphatic carbocycles. The number of rotatable bonds is 4. The third-order valence-corrected chi connectivity index (χ3v) is 5.34. The predicted octanol–water partition coefficient (Wildman–Crippen LogP) is 5.26. The van der Waals surface area contributed by atoms with Crippen LogP contribution in [0.15, 0.2) is 71.7 Å². The fourth-order valence-electron chi connectivity index (χ4n) is 3.68. The van der Waals surface area contributed by atoms with Crippen molar-refractivity contribution >= 4 is 17.1 Å². The molecule has 1 atom stereocenters. The quantitative estimate of drug-likeness (QED) is 0.640. The lowest BCUT2D eigenvalue weighted by Gasteiger charge is -2.32. The molecule has 1 aliphatic rings. The van der Waals surface area contributed by atoms with Crippen LogP contribution in [0.3, 0.4) is 0 Å². The van der Waals surface area contributed by atoms with Crippen LogP contribution >= 0.6 is 0 Å². The summed E-state index contributed by atoms with van der Waals surface area (Å²) in [4.78, 5) is 4.86. The van der Waals surface area contributed by atoms with E-state index in [9.17, 15) is 5.11 Å². The Labute approximate surface area is 170 Å². The molecule has 2 N–H and O–H groups in total. The van der Waals surface area contributed by atoms with Crippen molar-refractivity contribution in [3.8, 4) is 17.2 Å². The molecule has 29 heavy (non-hydrogen) atoms. The zero-order valence-corrected chi connectivity index (χ0v) is 16.8. The van der Waals surface area contributed by atoms with Gasteiger partial charge in [-0.3, -0.25) is 0 Å². The van der Waals surface area contributed by atoms with Gasteiger partial charge < -0.3 is 19.9 Å². The van der Waals surface area contributed by atoms with E-state index in [-0.39, 0.29) is 5.75 Å². The van der Waals surface area contributed by atoms with Gasteiger partial charge in [0.15, 0.2) is 0 Å². The second-order valence-corrected chi connectivity index (χ2v) is 7.32. The maximum Gasteiger partial charge on any atom is 0.143 e. The van der Waals surface area contributed by atoms with Crippen molar-refractivity contribution in [2.75, 3.05) is 19.5 Å². The number of fused-ring (bicyclic) bond motifs is 1. The molecule has 0 spiro atoms. The summed E-state index contributed by atoms with van der Waals surface area (Å²) in [5, 5.41) is 14.1. The molecule has 1 unspecified atom stereocenters. The predicted molar refractivity (Wildman–Crippen MR) is 116 cm³/mol. The molecule has 1 aliphatic heterocycles. The first-order valence-corrected chi connectivity index (χ1v) is 9.49. The molecule has 0 amide bonds. The van der Waals surface area contributed by atoms with Gasteiger partial charge in [0.25, 0.3) is 0 Å². The Morgan fingerprint density at radius 2 is 1.52 bits per heavy atom. The summed E-state index contributed by atoms with van der Waals surface area (Å²) in [6.45, 7) is 2.15. The molecule has 148 valence electrons. The largest absolute Gasteiger partial charge is 0.506 e. The Morgan fingerprint density at radius 1 is 0.897 bits per heavy atom. The monoisotopic (exact) mass is 388 g/mol. The van der Waals surface area contributed by atoms with E-state index < -0.39 is 5.54 Å². The first kappa shape index (κ1) is 18.9. The number of hydrogen-bond acceptors (Lipinski definition) is 5. The maximum absolute atomic E-state index is 10.5. The van der Waals surface area contributed by atoms with E-state index in [1.54, 1.807) is 20.3 Å². The molecule has 3 aromatic carbocycles. The smallest absolute Gasteiger partial charge is 0.143 e. The third kappa shape index (κ3) is 3.63. The fourth-order valence-corrected chi connectivity index (χ4v) is 3.68. The highest BCUT2D eigenvalue weighted by Gasteiger charge is 2.32.